The molecule has 1 fully saturated rings. The van der Waals surface area contributed by atoms with Crippen molar-refractivity contribution < 1.29 is 14.0 Å². The van der Waals surface area contributed by atoms with Gasteiger partial charge >= 0.3 is 6.03 Å². The molecule has 1 saturated heterocycles. The van der Waals surface area contributed by atoms with Crippen molar-refractivity contribution in [1.29, 1.82) is 0 Å². The summed E-state index contributed by atoms with van der Waals surface area (Å²) in [5, 5.41) is 8.04. The standard InChI is InChI=1S/C15H15N3O3/c19-14(11-9-16-15(20)17-11)18-13(12-7-4-8-21-12)10-5-2-1-3-6-10/h1-8,11,13H,9H2,(H,18,19)(H2,16,17,20). The average Bonchev–Trinajstić information content (AvgIpc) is 3.17. The summed E-state index contributed by atoms with van der Waals surface area (Å²) in [6, 6.07) is 11.8. The van der Waals surface area contributed by atoms with Crippen LogP contribution in [0.2, 0.25) is 0 Å². The lowest BCUT2D eigenvalue weighted by molar-refractivity contribution is -0.123. The largest absolute Gasteiger partial charge is 0.467 e. The van der Waals surface area contributed by atoms with Crippen molar-refractivity contribution in [3.8, 4) is 0 Å². The van der Waals surface area contributed by atoms with E-state index in [-0.39, 0.29) is 24.5 Å². The Labute approximate surface area is 121 Å². The molecule has 0 aliphatic carbocycles. The van der Waals surface area contributed by atoms with Crippen molar-refractivity contribution in [3.63, 3.8) is 0 Å². The van der Waals surface area contributed by atoms with Gasteiger partial charge < -0.3 is 20.4 Å². The fraction of sp³-hybridized carbons (Fsp3) is 0.200. The summed E-state index contributed by atoms with van der Waals surface area (Å²) in [5.41, 5.74) is 0.915. The van der Waals surface area contributed by atoms with Crippen molar-refractivity contribution in [3.05, 3.63) is 60.1 Å². The second-order valence-corrected chi connectivity index (χ2v) is 4.77. The monoisotopic (exact) mass is 285 g/mol. The highest BCUT2D eigenvalue weighted by atomic mass is 16.3. The Balaban J connectivity index is 1.80. The maximum atomic E-state index is 12.3. The van der Waals surface area contributed by atoms with Gasteiger partial charge in [-0.05, 0) is 17.7 Å². The molecule has 2 heterocycles. The molecule has 0 saturated carbocycles. The van der Waals surface area contributed by atoms with Crippen LogP contribution in [0.4, 0.5) is 4.79 Å². The Morgan fingerprint density at radius 1 is 1.24 bits per heavy atom. The van der Waals surface area contributed by atoms with E-state index >= 15 is 0 Å². The third kappa shape index (κ3) is 2.89. The zero-order valence-corrected chi connectivity index (χ0v) is 11.2. The number of rotatable bonds is 4. The number of benzene rings is 1. The summed E-state index contributed by atoms with van der Waals surface area (Å²) in [6.07, 6.45) is 1.57. The van der Waals surface area contributed by atoms with Crippen LogP contribution in [-0.2, 0) is 4.79 Å². The molecule has 6 heteroatoms. The topological polar surface area (TPSA) is 83.4 Å². The lowest BCUT2D eigenvalue weighted by Gasteiger charge is -2.19. The van der Waals surface area contributed by atoms with Gasteiger partial charge in [0.05, 0.1) is 6.26 Å². The SMILES string of the molecule is O=C1NCC(C(=O)NC(c2ccccc2)c2ccco2)N1. The number of carbonyl (C=O) groups excluding carboxylic acids is 2. The van der Waals surface area contributed by atoms with Crippen molar-refractivity contribution in [2.75, 3.05) is 6.54 Å². The predicted octanol–water partition coefficient (Wildman–Crippen LogP) is 1.17. The van der Waals surface area contributed by atoms with Crippen molar-refractivity contribution >= 4 is 11.9 Å². The number of hydrogen-bond donors (Lipinski definition) is 3. The van der Waals surface area contributed by atoms with E-state index in [9.17, 15) is 9.59 Å². The van der Waals surface area contributed by atoms with E-state index in [1.165, 1.54) is 0 Å². The molecule has 0 radical (unpaired) electrons. The lowest BCUT2D eigenvalue weighted by Crippen LogP contribution is -2.44. The van der Waals surface area contributed by atoms with Crippen LogP contribution in [0, 0.1) is 0 Å². The smallest absolute Gasteiger partial charge is 0.315 e. The highest BCUT2D eigenvalue weighted by molar-refractivity contribution is 5.90. The molecule has 0 bridgehead atoms. The summed E-state index contributed by atoms with van der Waals surface area (Å²) in [6.45, 7) is 0.282. The van der Waals surface area contributed by atoms with Crippen LogP contribution in [0.5, 0.6) is 0 Å². The number of urea groups is 1. The van der Waals surface area contributed by atoms with Crippen molar-refractivity contribution in [1.82, 2.24) is 16.0 Å². The minimum atomic E-state index is -0.571. The van der Waals surface area contributed by atoms with E-state index in [0.717, 1.165) is 5.56 Å². The third-order valence-corrected chi connectivity index (χ3v) is 3.34. The van der Waals surface area contributed by atoms with E-state index in [0.29, 0.717) is 5.76 Å². The molecule has 21 heavy (non-hydrogen) atoms. The minimum absolute atomic E-state index is 0.251. The van der Waals surface area contributed by atoms with Crippen molar-refractivity contribution in [2.24, 2.45) is 0 Å². The van der Waals surface area contributed by atoms with E-state index in [1.807, 2.05) is 36.4 Å². The number of carbonyl (C=O) groups is 2. The van der Waals surface area contributed by atoms with Gasteiger partial charge in [0.15, 0.2) is 0 Å². The first-order valence-electron chi connectivity index (χ1n) is 6.67. The maximum Gasteiger partial charge on any atom is 0.315 e. The first-order chi connectivity index (χ1) is 10.2. The van der Waals surface area contributed by atoms with E-state index in [1.54, 1.807) is 12.3 Å². The summed E-state index contributed by atoms with van der Waals surface area (Å²) in [7, 11) is 0. The van der Waals surface area contributed by atoms with Gasteiger partial charge in [-0.1, -0.05) is 30.3 Å². The van der Waals surface area contributed by atoms with Crippen LogP contribution < -0.4 is 16.0 Å². The molecule has 3 rings (SSSR count). The molecule has 6 nitrogen and oxygen atoms in total. The molecule has 1 aliphatic rings. The summed E-state index contributed by atoms with van der Waals surface area (Å²) in [5.74, 6) is 0.394. The van der Waals surface area contributed by atoms with Crippen LogP contribution in [0.1, 0.15) is 17.4 Å². The molecule has 1 aromatic carbocycles. The summed E-state index contributed by atoms with van der Waals surface area (Å²) in [4.78, 5) is 23.4. The normalized spacial score (nSPS) is 18.7. The first-order valence-corrected chi connectivity index (χ1v) is 6.67. The number of furan rings is 1. The zero-order valence-electron chi connectivity index (χ0n) is 11.2. The number of nitrogens with one attached hydrogen (secondary N) is 3. The van der Waals surface area contributed by atoms with E-state index in [2.05, 4.69) is 16.0 Å². The molecule has 108 valence electrons. The quantitative estimate of drug-likeness (QED) is 0.788. The maximum absolute atomic E-state index is 12.3. The minimum Gasteiger partial charge on any atom is -0.467 e. The predicted molar refractivity (Wildman–Crippen MR) is 75.5 cm³/mol. The Morgan fingerprint density at radius 3 is 2.67 bits per heavy atom. The van der Waals surface area contributed by atoms with Crippen LogP contribution in [0.15, 0.2) is 53.1 Å². The average molecular weight is 285 g/mol. The molecule has 0 spiro atoms. The molecule has 2 unspecified atom stereocenters. The summed E-state index contributed by atoms with van der Waals surface area (Å²) < 4.78 is 5.42. The first kappa shape index (κ1) is 13.2. The van der Waals surface area contributed by atoms with E-state index < -0.39 is 6.04 Å². The number of hydrogen-bond acceptors (Lipinski definition) is 3. The van der Waals surface area contributed by atoms with Crippen LogP contribution in [0.25, 0.3) is 0 Å². The Bertz CT molecular complexity index is 625. The molecule has 1 aromatic heterocycles. The van der Waals surface area contributed by atoms with Crippen LogP contribution in [0.3, 0.4) is 0 Å². The van der Waals surface area contributed by atoms with E-state index in [4.69, 9.17) is 4.42 Å². The fourth-order valence-corrected chi connectivity index (χ4v) is 2.28. The van der Waals surface area contributed by atoms with Gasteiger partial charge in [-0.15, -0.1) is 0 Å². The highest BCUT2D eigenvalue weighted by Crippen LogP contribution is 2.22. The van der Waals surface area contributed by atoms with Gasteiger partial charge in [-0.25, -0.2) is 4.79 Å². The van der Waals surface area contributed by atoms with Gasteiger partial charge in [0.2, 0.25) is 5.91 Å². The van der Waals surface area contributed by atoms with Gasteiger partial charge in [0.1, 0.15) is 17.8 Å². The molecule has 3 N–H and O–H groups in total. The molecule has 1 aliphatic heterocycles. The second-order valence-electron chi connectivity index (χ2n) is 4.77. The Morgan fingerprint density at radius 2 is 2.05 bits per heavy atom. The van der Waals surface area contributed by atoms with Gasteiger partial charge in [-0.2, -0.15) is 0 Å². The second kappa shape index (κ2) is 5.70. The summed E-state index contributed by atoms with van der Waals surface area (Å²) >= 11 is 0. The Hall–Kier alpha value is -2.76. The van der Waals surface area contributed by atoms with Crippen molar-refractivity contribution in [2.45, 2.75) is 12.1 Å². The molecule has 2 aromatic rings. The number of amides is 3. The van der Waals surface area contributed by atoms with Crippen LogP contribution >= 0.6 is 0 Å². The third-order valence-electron chi connectivity index (χ3n) is 3.34. The Kier molecular flexibility index (Phi) is 3.59. The zero-order chi connectivity index (χ0) is 14.7. The molecule has 2 atom stereocenters. The van der Waals surface area contributed by atoms with Gasteiger partial charge in [-0.3, -0.25) is 4.79 Å². The van der Waals surface area contributed by atoms with Gasteiger partial charge in [0, 0.05) is 6.54 Å². The van der Waals surface area contributed by atoms with Gasteiger partial charge in [0.25, 0.3) is 0 Å². The molecular weight excluding hydrogens is 270 g/mol. The van der Waals surface area contributed by atoms with Crippen LogP contribution in [-0.4, -0.2) is 24.5 Å². The molecule has 3 amide bonds. The fourth-order valence-electron chi connectivity index (χ4n) is 2.28. The molecular formula is C15H15N3O3. The highest BCUT2D eigenvalue weighted by Gasteiger charge is 2.29. The lowest BCUT2D eigenvalue weighted by atomic mass is 10.0.